The molecule has 2 rings (SSSR count). The fourth-order valence-electron chi connectivity index (χ4n) is 6.65. The van der Waals surface area contributed by atoms with Crippen LogP contribution in [0.25, 0.3) is 0 Å². The molecule has 1 saturated carbocycles. The van der Waals surface area contributed by atoms with E-state index in [1.54, 1.807) is 0 Å². The van der Waals surface area contributed by atoms with Gasteiger partial charge in [-0.2, -0.15) is 0 Å². The molecular weight excluding hydrogens is 268 g/mol. The largest absolute Gasteiger partial charge is 0.308 e. The van der Waals surface area contributed by atoms with Crippen LogP contribution in [0.3, 0.4) is 0 Å². The fourth-order valence-corrected chi connectivity index (χ4v) is 6.65. The Balaban J connectivity index is 2.50. The van der Waals surface area contributed by atoms with Gasteiger partial charge in [-0.05, 0) is 68.2 Å². The molecule has 1 heterocycles. The molecule has 0 aromatic carbocycles. The van der Waals surface area contributed by atoms with Crippen LogP contribution in [0.5, 0.6) is 0 Å². The first-order chi connectivity index (χ1) is 10.2. The molecule has 2 atom stereocenters. The molecule has 0 aromatic rings. The summed E-state index contributed by atoms with van der Waals surface area (Å²) in [5, 5.41) is 0. The van der Waals surface area contributed by atoms with Gasteiger partial charge in [-0.15, -0.1) is 0 Å². The predicted octanol–water partition coefficient (Wildman–Crippen LogP) is 4.58. The van der Waals surface area contributed by atoms with Gasteiger partial charge >= 0.3 is 0 Å². The zero-order chi connectivity index (χ0) is 16.7. The lowest BCUT2D eigenvalue weighted by molar-refractivity contribution is -1.10. The molecule has 1 aliphatic heterocycles. The zero-order valence-corrected chi connectivity index (χ0v) is 16.6. The lowest BCUT2D eigenvalue weighted by Crippen LogP contribution is -2.82. The van der Waals surface area contributed by atoms with E-state index in [0.717, 1.165) is 36.3 Å². The molecular formula is C20H42N2+2. The number of hydrogen-bond donors (Lipinski definition) is 0. The first kappa shape index (κ1) is 18.3. The Morgan fingerprint density at radius 1 is 0.545 bits per heavy atom. The van der Waals surface area contributed by atoms with E-state index < -0.39 is 0 Å². The quantitative estimate of drug-likeness (QED) is 0.667. The van der Waals surface area contributed by atoms with Crippen molar-refractivity contribution in [2.45, 2.75) is 117 Å². The Kier molecular flexibility index (Phi) is 5.34. The monoisotopic (exact) mass is 310 g/mol. The van der Waals surface area contributed by atoms with Gasteiger partial charge in [-0.25, -0.2) is 0 Å². The maximum absolute atomic E-state index is 2.48. The van der Waals surface area contributed by atoms with Crippen molar-refractivity contribution < 1.29 is 8.97 Å². The summed E-state index contributed by atoms with van der Waals surface area (Å²) >= 11 is 0. The smallest absolute Gasteiger partial charge is 0.142 e. The predicted molar refractivity (Wildman–Crippen MR) is 96.8 cm³/mol. The van der Waals surface area contributed by atoms with Crippen molar-refractivity contribution in [1.29, 1.82) is 0 Å². The Morgan fingerprint density at radius 2 is 0.818 bits per heavy atom. The van der Waals surface area contributed by atoms with Gasteiger partial charge in [-0.1, -0.05) is 0 Å². The summed E-state index contributed by atoms with van der Waals surface area (Å²) in [6.45, 7) is 22.6. The standard InChI is InChI=1S/C20H42N2/c1-15(2)21(16(3)4)13-14-22(17(5)6,18(7)8)20-12-10-9-11-19(20)21/h15-20H,9-14H2,1-8H3/q+2. The van der Waals surface area contributed by atoms with Gasteiger partial charge in [0.15, 0.2) is 0 Å². The van der Waals surface area contributed by atoms with Gasteiger partial charge < -0.3 is 8.97 Å². The highest BCUT2D eigenvalue weighted by Gasteiger charge is 2.60. The van der Waals surface area contributed by atoms with Crippen LogP contribution in [-0.2, 0) is 0 Å². The van der Waals surface area contributed by atoms with Crippen molar-refractivity contribution >= 4 is 0 Å². The molecule has 130 valence electrons. The minimum absolute atomic E-state index is 0.757. The lowest BCUT2D eigenvalue weighted by Gasteiger charge is -2.65. The van der Waals surface area contributed by atoms with Gasteiger partial charge in [0.1, 0.15) is 25.2 Å². The second-order valence-electron chi connectivity index (χ2n) is 9.23. The van der Waals surface area contributed by atoms with Crippen LogP contribution >= 0.6 is 0 Å². The van der Waals surface area contributed by atoms with Gasteiger partial charge in [0.05, 0.1) is 24.2 Å². The molecule has 2 unspecified atom stereocenters. The molecule has 1 saturated heterocycles. The molecule has 0 spiro atoms. The molecule has 0 N–H and O–H groups in total. The second-order valence-corrected chi connectivity index (χ2v) is 9.23. The van der Waals surface area contributed by atoms with Crippen molar-refractivity contribution in [2.75, 3.05) is 13.1 Å². The summed E-state index contributed by atoms with van der Waals surface area (Å²) in [5.41, 5.74) is 0. The number of piperazine rings is 1. The highest BCUT2D eigenvalue weighted by Crippen LogP contribution is 2.45. The Hall–Kier alpha value is -0.0800. The summed E-state index contributed by atoms with van der Waals surface area (Å²) in [4.78, 5) is 0. The molecule has 0 amide bonds. The SMILES string of the molecule is CC(C)[N+]1(C(C)C)CC[N+](C(C)C)(C(C)C)C2CCCCC21. The van der Waals surface area contributed by atoms with Crippen LogP contribution in [0, 0.1) is 0 Å². The third kappa shape index (κ3) is 2.45. The Bertz CT molecular complexity index is 318. The number of hydrogen-bond acceptors (Lipinski definition) is 0. The summed E-state index contributed by atoms with van der Waals surface area (Å²) in [5.74, 6) is 0. The van der Waals surface area contributed by atoms with Crippen LogP contribution in [0.2, 0.25) is 0 Å². The topological polar surface area (TPSA) is 0 Å². The second kappa shape index (κ2) is 6.43. The first-order valence-corrected chi connectivity index (χ1v) is 9.95. The molecule has 2 aliphatic rings. The van der Waals surface area contributed by atoms with Crippen molar-refractivity contribution in [3.05, 3.63) is 0 Å². The number of rotatable bonds is 4. The molecule has 0 aromatic heterocycles. The van der Waals surface area contributed by atoms with E-state index in [2.05, 4.69) is 55.4 Å². The lowest BCUT2D eigenvalue weighted by atomic mass is 9.78. The van der Waals surface area contributed by atoms with Crippen molar-refractivity contribution in [3.63, 3.8) is 0 Å². The fraction of sp³-hybridized carbons (Fsp3) is 1.00. The minimum Gasteiger partial charge on any atom is -0.308 e. The average Bonchev–Trinajstić information content (AvgIpc) is 2.44. The third-order valence-electron chi connectivity index (χ3n) is 7.65. The van der Waals surface area contributed by atoms with E-state index in [0.29, 0.717) is 0 Å². The van der Waals surface area contributed by atoms with Crippen LogP contribution in [0.4, 0.5) is 0 Å². The summed E-state index contributed by atoms with van der Waals surface area (Å²) in [6, 6.07) is 4.79. The third-order valence-corrected chi connectivity index (χ3v) is 7.65. The minimum atomic E-state index is 0.757. The van der Waals surface area contributed by atoms with Crippen LogP contribution < -0.4 is 0 Å². The van der Waals surface area contributed by atoms with Crippen LogP contribution in [-0.4, -0.2) is 58.3 Å². The van der Waals surface area contributed by atoms with Crippen LogP contribution in [0.1, 0.15) is 81.1 Å². The maximum atomic E-state index is 2.48. The summed E-state index contributed by atoms with van der Waals surface area (Å²) < 4.78 is 2.76. The summed E-state index contributed by atoms with van der Waals surface area (Å²) in [6.07, 6.45) is 5.83. The zero-order valence-electron chi connectivity index (χ0n) is 16.6. The van der Waals surface area contributed by atoms with E-state index in [1.807, 2.05) is 0 Å². The molecule has 2 heteroatoms. The number of nitrogens with zero attached hydrogens (tertiary/aromatic N) is 2. The molecule has 0 radical (unpaired) electrons. The Morgan fingerprint density at radius 3 is 1.05 bits per heavy atom. The maximum Gasteiger partial charge on any atom is 0.142 e. The van der Waals surface area contributed by atoms with Gasteiger partial charge in [0.25, 0.3) is 0 Å². The van der Waals surface area contributed by atoms with Crippen molar-refractivity contribution in [2.24, 2.45) is 0 Å². The Labute approximate surface area is 140 Å². The van der Waals surface area contributed by atoms with Crippen molar-refractivity contribution in [3.8, 4) is 0 Å². The highest BCUT2D eigenvalue weighted by molar-refractivity contribution is 4.85. The van der Waals surface area contributed by atoms with Gasteiger partial charge in [0.2, 0.25) is 0 Å². The van der Waals surface area contributed by atoms with Crippen LogP contribution in [0.15, 0.2) is 0 Å². The average molecular weight is 311 g/mol. The molecule has 0 bridgehead atoms. The number of fused-ring (bicyclic) bond motifs is 1. The van der Waals surface area contributed by atoms with E-state index in [-0.39, 0.29) is 0 Å². The van der Waals surface area contributed by atoms with E-state index >= 15 is 0 Å². The first-order valence-electron chi connectivity index (χ1n) is 9.95. The van der Waals surface area contributed by atoms with E-state index in [4.69, 9.17) is 0 Å². The normalized spacial score (nSPS) is 31.1. The summed E-state index contributed by atoms with van der Waals surface area (Å²) in [7, 11) is 0. The number of quaternary nitrogens is 2. The van der Waals surface area contributed by atoms with Gasteiger partial charge in [0, 0.05) is 12.8 Å². The molecule has 22 heavy (non-hydrogen) atoms. The van der Waals surface area contributed by atoms with E-state index in [1.165, 1.54) is 47.7 Å². The highest BCUT2D eigenvalue weighted by atomic mass is 15.5. The van der Waals surface area contributed by atoms with Crippen molar-refractivity contribution in [1.82, 2.24) is 0 Å². The van der Waals surface area contributed by atoms with Gasteiger partial charge in [-0.3, -0.25) is 0 Å². The van der Waals surface area contributed by atoms with E-state index in [9.17, 15) is 0 Å². The molecule has 2 fully saturated rings. The molecule has 2 nitrogen and oxygen atoms in total. The molecule has 1 aliphatic carbocycles.